The second-order valence-electron chi connectivity index (χ2n) is 6.85. The molecule has 0 aromatic carbocycles. The summed E-state index contributed by atoms with van der Waals surface area (Å²) in [7, 11) is 0. The lowest BCUT2D eigenvalue weighted by Gasteiger charge is -2.38. The van der Waals surface area contributed by atoms with Gasteiger partial charge in [-0.25, -0.2) is 0 Å². The monoisotopic (exact) mass is 334 g/mol. The average Bonchev–Trinajstić information content (AvgIpc) is 2.99. The van der Waals surface area contributed by atoms with Gasteiger partial charge in [0.2, 0.25) is 5.91 Å². The van der Waals surface area contributed by atoms with Crippen molar-refractivity contribution in [2.45, 2.75) is 45.9 Å². The first-order chi connectivity index (χ1) is 11.5. The number of piperidine rings is 1. The minimum Gasteiger partial charge on any atom is -0.368 e. The van der Waals surface area contributed by atoms with Crippen LogP contribution < -0.4 is 0 Å². The summed E-state index contributed by atoms with van der Waals surface area (Å²) in [5.74, 6) is 0.163. The van der Waals surface area contributed by atoms with Crippen molar-refractivity contribution in [2.75, 3.05) is 26.2 Å². The highest BCUT2D eigenvalue weighted by molar-refractivity contribution is 5.92. The zero-order valence-electron chi connectivity index (χ0n) is 14.6. The lowest BCUT2D eigenvalue weighted by Crippen LogP contribution is -2.50. The van der Waals surface area contributed by atoms with Crippen LogP contribution in [0.1, 0.15) is 37.7 Å². The number of aryl methyl sites for hydroxylation is 1. The van der Waals surface area contributed by atoms with E-state index in [-0.39, 0.29) is 36.5 Å². The normalized spacial score (nSPS) is 24.9. The third kappa shape index (κ3) is 3.31. The van der Waals surface area contributed by atoms with E-state index in [1.807, 2.05) is 36.8 Å². The SMILES string of the molecule is CCn1ccc(C(=O)N2CC[C@@H]3OCC(=O)N(C(C)C)C[C@H]3C2)n1. The van der Waals surface area contributed by atoms with Gasteiger partial charge in [0.05, 0.1) is 6.10 Å². The van der Waals surface area contributed by atoms with Crippen LogP contribution in [0.2, 0.25) is 0 Å². The molecule has 2 fully saturated rings. The number of carbonyl (C=O) groups is 2. The molecule has 2 aliphatic rings. The van der Waals surface area contributed by atoms with Crippen LogP contribution in [0.15, 0.2) is 12.3 Å². The predicted molar refractivity (Wildman–Crippen MR) is 88.5 cm³/mol. The number of nitrogens with zero attached hydrogens (tertiary/aromatic N) is 4. The van der Waals surface area contributed by atoms with Gasteiger partial charge in [-0.2, -0.15) is 5.10 Å². The Labute approximate surface area is 142 Å². The summed E-state index contributed by atoms with van der Waals surface area (Å²) < 4.78 is 7.56. The highest BCUT2D eigenvalue weighted by Crippen LogP contribution is 2.26. The number of rotatable bonds is 3. The van der Waals surface area contributed by atoms with Gasteiger partial charge in [-0.05, 0) is 33.3 Å². The van der Waals surface area contributed by atoms with Crippen LogP contribution in [-0.2, 0) is 16.1 Å². The zero-order valence-corrected chi connectivity index (χ0v) is 14.6. The quantitative estimate of drug-likeness (QED) is 0.827. The summed E-state index contributed by atoms with van der Waals surface area (Å²) in [6.07, 6.45) is 2.65. The summed E-state index contributed by atoms with van der Waals surface area (Å²) in [5.41, 5.74) is 0.488. The van der Waals surface area contributed by atoms with E-state index in [1.165, 1.54) is 0 Å². The molecule has 0 bridgehead atoms. The van der Waals surface area contributed by atoms with Gasteiger partial charge in [-0.15, -0.1) is 0 Å². The third-order valence-electron chi connectivity index (χ3n) is 4.93. The number of likely N-dealkylation sites (tertiary alicyclic amines) is 1. The molecular formula is C17H26N4O3. The molecule has 1 aromatic rings. The first-order valence-corrected chi connectivity index (χ1v) is 8.73. The lowest BCUT2D eigenvalue weighted by molar-refractivity contribution is -0.136. The van der Waals surface area contributed by atoms with Crippen molar-refractivity contribution in [1.29, 1.82) is 0 Å². The fraction of sp³-hybridized carbons (Fsp3) is 0.706. The van der Waals surface area contributed by atoms with Crippen LogP contribution in [0.3, 0.4) is 0 Å². The molecule has 7 heteroatoms. The Hall–Kier alpha value is -1.89. The summed E-state index contributed by atoms with van der Waals surface area (Å²) >= 11 is 0. The Morgan fingerprint density at radius 2 is 2.21 bits per heavy atom. The molecule has 0 spiro atoms. The van der Waals surface area contributed by atoms with E-state index in [1.54, 1.807) is 10.7 Å². The topological polar surface area (TPSA) is 67.7 Å². The maximum Gasteiger partial charge on any atom is 0.274 e. The summed E-state index contributed by atoms with van der Waals surface area (Å²) in [6.45, 7) is 8.82. The van der Waals surface area contributed by atoms with Gasteiger partial charge in [-0.1, -0.05) is 0 Å². The van der Waals surface area contributed by atoms with Crippen LogP contribution in [0, 0.1) is 5.92 Å². The van der Waals surface area contributed by atoms with E-state index >= 15 is 0 Å². The second-order valence-corrected chi connectivity index (χ2v) is 6.85. The molecule has 1 aromatic heterocycles. The van der Waals surface area contributed by atoms with Crippen molar-refractivity contribution in [1.82, 2.24) is 19.6 Å². The molecule has 0 saturated carbocycles. The van der Waals surface area contributed by atoms with Crippen molar-refractivity contribution >= 4 is 11.8 Å². The zero-order chi connectivity index (χ0) is 17.3. The standard InChI is InChI=1S/C17H26N4O3/c1-4-20-8-5-14(18-20)17(23)19-7-6-15-13(9-19)10-21(12(2)3)16(22)11-24-15/h5,8,12-13,15H,4,6-7,9-11H2,1-3H3/t13-,15+/m1/s1. The minimum absolute atomic E-state index is 0.0349. The molecule has 2 atom stereocenters. The molecule has 7 nitrogen and oxygen atoms in total. The van der Waals surface area contributed by atoms with Gasteiger partial charge in [0.15, 0.2) is 0 Å². The van der Waals surface area contributed by atoms with E-state index in [9.17, 15) is 9.59 Å². The second kappa shape index (κ2) is 6.93. The predicted octanol–water partition coefficient (Wildman–Crippen LogP) is 1.00. The summed E-state index contributed by atoms with van der Waals surface area (Å²) in [6, 6.07) is 1.91. The van der Waals surface area contributed by atoms with Crippen LogP contribution in [0.5, 0.6) is 0 Å². The molecule has 0 aliphatic carbocycles. The van der Waals surface area contributed by atoms with Crippen molar-refractivity contribution in [3.05, 3.63) is 18.0 Å². The minimum atomic E-state index is -0.0349. The molecule has 0 radical (unpaired) electrons. The van der Waals surface area contributed by atoms with Gasteiger partial charge in [0.25, 0.3) is 5.91 Å². The molecule has 3 rings (SSSR count). The number of fused-ring (bicyclic) bond motifs is 1. The summed E-state index contributed by atoms with van der Waals surface area (Å²) in [5, 5.41) is 4.31. The molecule has 2 aliphatic heterocycles. The number of hydrogen-bond donors (Lipinski definition) is 0. The van der Waals surface area contributed by atoms with Gasteiger partial charge in [-0.3, -0.25) is 14.3 Å². The van der Waals surface area contributed by atoms with E-state index < -0.39 is 0 Å². The number of aromatic nitrogens is 2. The average molecular weight is 334 g/mol. The van der Waals surface area contributed by atoms with E-state index in [4.69, 9.17) is 4.74 Å². The third-order valence-corrected chi connectivity index (χ3v) is 4.93. The van der Waals surface area contributed by atoms with Gasteiger partial charge >= 0.3 is 0 Å². The molecular weight excluding hydrogens is 308 g/mol. The van der Waals surface area contributed by atoms with Gasteiger partial charge < -0.3 is 14.5 Å². The molecule has 3 heterocycles. The van der Waals surface area contributed by atoms with Crippen molar-refractivity contribution in [3.63, 3.8) is 0 Å². The summed E-state index contributed by atoms with van der Waals surface area (Å²) in [4.78, 5) is 28.6. The molecule has 0 unspecified atom stereocenters. The van der Waals surface area contributed by atoms with E-state index in [2.05, 4.69) is 5.10 Å². The first-order valence-electron chi connectivity index (χ1n) is 8.73. The highest BCUT2D eigenvalue weighted by Gasteiger charge is 2.38. The highest BCUT2D eigenvalue weighted by atomic mass is 16.5. The van der Waals surface area contributed by atoms with E-state index in [0.717, 1.165) is 13.0 Å². The molecule has 0 N–H and O–H groups in total. The Morgan fingerprint density at radius 1 is 1.42 bits per heavy atom. The van der Waals surface area contributed by atoms with E-state index in [0.29, 0.717) is 25.3 Å². The molecule has 2 saturated heterocycles. The number of ether oxygens (including phenoxy) is 1. The van der Waals surface area contributed by atoms with Crippen molar-refractivity contribution in [2.24, 2.45) is 5.92 Å². The van der Waals surface area contributed by atoms with Crippen LogP contribution in [-0.4, -0.2) is 69.8 Å². The Morgan fingerprint density at radius 3 is 2.88 bits per heavy atom. The number of hydrogen-bond acceptors (Lipinski definition) is 4. The number of amides is 2. The van der Waals surface area contributed by atoms with Crippen LogP contribution >= 0.6 is 0 Å². The molecule has 24 heavy (non-hydrogen) atoms. The van der Waals surface area contributed by atoms with Crippen LogP contribution in [0.4, 0.5) is 0 Å². The maximum atomic E-state index is 12.7. The molecule has 2 amide bonds. The maximum absolute atomic E-state index is 12.7. The Bertz CT molecular complexity index is 613. The number of carbonyl (C=O) groups excluding carboxylic acids is 2. The first kappa shape index (κ1) is 17.0. The molecule has 132 valence electrons. The van der Waals surface area contributed by atoms with Crippen molar-refractivity contribution < 1.29 is 14.3 Å². The van der Waals surface area contributed by atoms with Gasteiger partial charge in [0, 0.05) is 44.3 Å². The van der Waals surface area contributed by atoms with Crippen molar-refractivity contribution in [3.8, 4) is 0 Å². The van der Waals surface area contributed by atoms with Gasteiger partial charge in [0.1, 0.15) is 12.3 Å². The fourth-order valence-electron chi connectivity index (χ4n) is 3.52. The fourth-order valence-corrected chi connectivity index (χ4v) is 3.52. The smallest absolute Gasteiger partial charge is 0.274 e. The largest absolute Gasteiger partial charge is 0.368 e. The van der Waals surface area contributed by atoms with Crippen LogP contribution in [0.25, 0.3) is 0 Å². The Kier molecular flexibility index (Phi) is 4.89. The lowest BCUT2D eigenvalue weighted by atomic mass is 9.93. The Balaban J connectivity index is 1.71.